The first kappa shape index (κ1) is 20.1. The van der Waals surface area contributed by atoms with Crippen molar-refractivity contribution in [2.45, 2.75) is 26.1 Å². The monoisotopic (exact) mass is 388 g/mol. The van der Waals surface area contributed by atoms with Crippen LogP contribution in [0.2, 0.25) is 0 Å². The second kappa shape index (κ2) is 10.1. The van der Waals surface area contributed by atoms with Crippen LogP contribution in [0.4, 0.5) is 0 Å². The van der Waals surface area contributed by atoms with E-state index < -0.39 is 11.8 Å². The molecule has 0 heterocycles. The minimum absolute atomic E-state index is 0.240. The quantitative estimate of drug-likeness (QED) is 0.606. The highest BCUT2D eigenvalue weighted by molar-refractivity contribution is 6.35. The molecule has 148 valence electrons. The largest absolute Gasteiger partial charge is 0.489 e. The lowest BCUT2D eigenvalue weighted by Gasteiger charge is -2.14. The van der Waals surface area contributed by atoms with E-state index in [2.05, 4.69) is 10.6 Å². The first-order chi connectivity index (χ1) is 14.1. The third-order valence-corrected chi connectivity index (χ3v) is 4.48. The number of carbonyl (C=O) groups is 2. The van der Waals surface area contributed by atoms with E-state index in [9.17, 15) is 9.59 Å². The van der Waals surface area contributed by atoms with E-state index in [0.717, 1.165) is 22.4 Å². The van der Waals surface area contributed by atoms with Gasteiger partial charge in [0.15, 0.2) is 0 Å². The van der Waals surface area contributed by atoms with Crippen LogP contribution >= 0.6 is 0 Å². The van der Waals surface area contributed by atoms with E-state index in [0.29, 0.717) is 6.61 Å². The summed E-state index contributed by atoms with van der Waals surface area (Å²) in [5.74, 6) is -0.556. The van der Waals surface area contributed by atoms with Crippen molar-refractivity contribution in [3.63, 3.8) is 0 Å². The van der Waals surface area contributed by atoms with Crippen molar-refractivity contribution in [2.75, 3.05) is 0 Å². The van der Waals surface area contributed by atoms with E-state index in [-0.39, 0.29) is 12.6 Å². The Bertz CT molecular complexity index is 925. The summed E-state index contributed by atoms with van der Waals surface area (Å²) in [7, 11) is 0. The summed E-state index contributed by atoms with van der Waals surface area (Å²) < 4.78 is 5.75. The maximum Gasteiger partial charge on any atom is 0.309 e. The normalized spacial score (nSPS) is 11.3. The molecule has 3 aromatic rings. The van der Waals surface area contributed by atoms with E-state index in [4.69, 9.17) is 4.74 Å². The lowest BCUT2D eigenvalue weighted by atomic mass is 10.1. The molecule has 0 radical (unpaired) electrons. The minimum Gasteiger partial charge on any atom is -0.489 e. The number of benzene rings is 3. The van der Waals surface area contributed by atoms with Gasteiger partial charge in [-0.25, -0.2) is 0 Å². The van der Waals surface area contributed by atoms with Crippen LogP contribution < -0.4 is 15.4 Å². The average molecular weight is 388 g/mol. The van der Waals surface area contributed by atoms with E-state index in [1.807, 2.05) is 91.9 Å². The number of nitrogens with one attached hydrogen (secondary N) is 2. The van der Waals surface area contributed by atoms with E-state index >= 15 is 0 Å². The summed E-state index contributed by atoms with van der Waals surface area (Å²) in [6.45, 7) is 2.61. The summed E-state index contributed by atoms with van der Waals surface area (Å²) in [6, 6.07) is 26.6. The van der Waals surface area contributed by atoms with Gasteiger partial charge in [0, 0.05) is 6.54 Å². The van der Waals surface area contributed by atoms with Crippen LogP contribution in [0.1, 0.15) is 29.7 Å². The standard InChI is InChI=1S/C24H24N2O3/c1-18(21-10-6-3-7-11-21)26-24(28)23(27)25-16-19-12-14-22(15-13-19)29-17-20-8-4-2-5-9-20/h2-15,18H,16-17H2,1H3,(H,25,27)(H,26,28)/t18-/m0/s1. The molecule has 1 atom stereocenters. The summed E-state index contributed by atoms with van der Waals surface area (Å²) in [5.41, 5.74) is 2.92. The molecule has 0 aliphatic rings. The Kier molecular flexibility index (Phi) is 7.00. The maximum absolute atomic E-state index is 12.1. The highest BCUT2D eigenvalue weighted by Crippen LogP contribution is 2.14. The Morgan fingerprint density at radius 2 is 1.41 bits per heavy atom. The Morgan fingerprint density at radius 1 is 0.793 bits per heavy atom. The molecule has 0 saturated heterocycles. The molecule has 0 aliphatic carbocycles. The highest BCUT2D eigenvalue weighted by Gasteiger charge is 2.16. The van der Waals surface area contributed by atoms with Gasteiger partial charge in [0.1, 0.15) is 12.4 Å². The molecule has 5 nitrogen and oxygen atoms in total. The van der Waals surface area contributed by atoms with Gasteiger partial charge in [-0.2, -0.15) is 0 Å². The first-order valence-corrected chi connectivity index (χ1v) is 9.51. The molecular weight excluding hydrogens is 364 g/mol. The van der Waals surface area contributed by atoms with E-state index in [1.165, 1.54) is 0 Å². The van der Waals surface area contributed by atoms with Crippen LogP contribution in [0.3, 0.4) is 0 Å². The molecule has 0 aliphatic heterocycles. The molecule has 3 rings (SSSR count). The molecule has 2 N–H and O–H groups in total. The van der Waals surface area contributed by atoms with Crippen LogP contribution in [0.5, 0.6) is 5.75 Å². The Balaban J connectivity index is 1.44. The Morgan fingerprint density at radius 3 is 2.07 bits per heavy atom. The summed E-state index contributed by atoms with van der Waals surface area (Å²) in [4.78, 5) is 24.1. The summed E-state index contributed by atoms with van der Waals surface area (Å²) in [6.07, 6.45) is 0. The van der Waals surface area contributed by atoms with Crippen LogP contribution in [-0.2, 0) is 22.7 Å². The van der Waals surface area contributed by atoms with Gasteiger partial charge in [-0.15, -0.1) is 0 Å². The van der Waals surface area contributed by atoms with Crippen LogP contribution in [0.15, 0.2) is 84.9 Å². The van der Waals surface area contributed by atoms with Crippen molar-refractivity contribution >= 4 is 11.8 Å². The molecule has 0 unspecified atom stereocenters. The molecule has 0 fully saturated rings. The Hall–Kier alpha value is -3.60. The van der Waals surface area contributed by atoms with Crippen LogP contribution in [-0.4, -0.2) is 11.8 Å². The average Bonchev–Trinajstić information content (AvgIpc) is 2.78. The van der Waals surface area contributed by atoms with Gasteiger partial charge < -0.3 is 15.4 Å². The fraction of sp³-hybridized carbons (Fsp3) is 0.167. The van der Waals surface area contributed by atoms with Gasteiger partial charge in [-0.3, -0.25) is 9.59 Å². The number of ether oxygens (including phenoxy) is 1. The molecule has 2 amide bonds. The minimum atomic E-state index is -0.655. The third-order valence-electron chi connectivity index (χ3n) is 4.48. The molecule has 5 heteroatoms. The highest BCUT2D eigenvalue weighted by atomic mass is 16.5. The first-order valence-electron chi connectivity index (χ1n) is 9.51. The third kappa shape index (κ3) is 6.21. The van der Waals surface area contributed by atoms with Gasteiger partial charge in [0.05, 0.1) is 6.04 Å². The maximum atomic E-state index is 12.1. The zero-order chi connectivity index (χ0) is 20.5. The molecule has 29 heavy (non-hydrogen) atoms. The molecular formula is C24H24N2O3. The van der Waals surface area contributed by atoms with Gasteiger partial charge >= 0.3 is 11.8 Å². The SMILES string of the molecule is C[C@H](NC(=O)C(=O)NCc1ccc(OCc2ccccc2)cc1)c1ccccc1. The summed E-state index contributed by atoms with van der Waals surface area (Å²) >= 11 is 0. The molecule has 0 saturated carbocycles. The van der Waals surface area contributed by atoms with Gasteiger partial charge in [0.2, 0.25) is 0 Å². The van der Waals surface area contributed by atoms with Crippen molar-refractivity contribution < 1.29 is 14.3 Å². The van der Waals surface area contributed by atoms with Crippen LogP contribution in [0.25, 0.3) is 0 Å². The molecule has 0 aromatic heterocycles. The number of carbonyl (C=O) groups excluding carboxylic acids is 2. The zero-order valence-corrected chi connectivity index (χ0v) is 16.3. The van der Waals surface area contributed by atoms with Crippen molar-refractivity contribution in [1.29, 1.82) is 0 Å². The number of rotatable bonds is 7. The fourth-order valence-electron chi connectivity index (χ4n) is 2.79. The van der Waals surface area contributed by atoms with Gasteiger partial charge in [-0.05, 0) is 35.7 Å². The second-order valence-corrected chi connectivity index (χ2v) is 6.71. The Labute approximate surface area is 170 Å². The van der Waals surface area contributed by atoms with Crippen LogP contribution in [0, 0.1) is 0 Å². The smallest absolute Gasteiger partial charge is 0.309 e. The molecule has 0 spiro atoms. The van der Waals surface area contributed by atoms with Crippen molar-refractivity contribution in [2.24, 2.45) is 0 Å². The number of amides is 2. The lowest BCUT2D eigenvalue weighted by Crippen LogP contribution is -2.40. The fourth-order valence-corrected chi connectivity index (χ4v) is 2.79. The van der Waals surface area contributed by atoms with Gasteiger partial charge in [0.25, 0.3) is 0 Å². The number of hydrogen-bond acceptors (Lipinski definition) is 3. The summed E-state index contributed by atoms with van der Waals surface area (Å²) in [5, 5.41) is 5.34. The topological polar surface area (TPSA) is 67.4 Å². The number of hydrogen-bond donors (Lipinski definition) is 2. The molecule has 3 aromatic carbocycles. The van der Waals surface area contributed by atoms with Crippen molar-refractivity contribution in [1.82, 2.24) is 10.6 Å². The second-order valence-electron chi connectivity index (χ2n) is 6.71. The molecule has 0 bridgehead atoms. The van der Waals surface area contributed by atoms with Crippen molar-refractivity contribution in [3.8, 4) is 5.75 Å². The van der Waals surface area contributed by atoms with Crippen molar-refractivity contribution in [3.05, 3.63) is 102 Å². The zero-order valence-electron chi connectivity index (χ0n) is 16.3. The predicted octanol–water partition coefficient (Wildman–Crippen LogP) is 3.76. The predicted molar refractivity (Wildman–Crippen MR) is 112 cm³/mol. The lowest BCUT2D eigenvalue weighted by molar-refractivity contribution is -0.139. The van der Waals surface area contributed by atoms with Gasteiger partial charge in [-0.1, -0.05) is 72.8 Å². The van der Waals surface area contributed by atoms with E-state index in [1.54, 1.807) is 0 Å².